The summed E-state index contributed by atoms with van der Waals surface area (Å²) in [4.78, 5) is 13.6. The molecule has 6 rings (SSSR count). The second kappa shape index (κ2) is 12.8. The highest BCUT2D eigenvalue weighted by Crippen LogP contribution is 2.52. The third-order valence-electron chi connectivity index (χ3n) is 7.61. The second-order valence-corrected chi connectivity index (χ2v) is 10.6. The summed E-state index contributed by atoms with van der Waals surface area (Å²) in [5, 5.41) is 0. The van der Waals surface area contributed by atoms with Gasteiger partial charge in [-0.25, -0.2) is 4.79 Å². The summed E-state index contributed by atoms with van der Waals surface area (Å²) in [5.74, 6) is -0.454. The molecule has 0 amide bonds. The molecule has 0 radical (unpaired) electrons. The molecule has 41 heavy (non-hydrogen) atoms. The molecule has 6 heteroatoms. The van der Waals surface area contributed by atoms with Crippen LogP contribution < -0.4 is 0 Å². The Morgan fingerprint density at radius 2 is 0.976 bits per heavy atom. The van der Waals surface area contributed by atoms with Gasteiger partial charge in [0.2, 0.25) is 0 Å². The van der Waals surface area contributed by atoms with E-state index in [0.717, 1.165) is 22.3 Å². The number of esters is 1. The summed E-state index contributed by atoms with van der Waals surface area (Å²) in [6.07, 6.45) is -2.03. The van der Waals surface area contributed by atoms with Crippen molar-refractivity contribution >= 4 is 5.97 Å². The van der Waals surface area contributed by atoms with Crippen LogP contribution in [0.1, 0.15) is 28.7 Å². The summed E-state index contributed by atoms with van der Waals surface area (Å²) in [6, 6.07) is 39.6. The number of hydrogen-bond acceptors (Lipinski definition) is 6. The Morgan fingerprint density at radius 1 is 0.561 bits per heavy atom. The Morgan fingerprint density at radius 3 is 1.46 bits per heavy atom. The summed E-state index contributed by atoms with van der Waals surface area (Å²) in [7, 11) is 0. The van der Waals surface area contributed by atoms with E-state index in [1.54, 1.807) is 0 Å². The number of ether oxygens (including phenoxy) is 5. The molecule has 1 spiro atoms. The van der Waals surface area contributed by atoms with E-state index in [1.165, 1.54) is 0 Å². The third-order valence-corrected chi connectivity index (χ3v) is 7.61. The third kappa shape index (κ3) is 6.58. The number of carbonyl (C=O) groups excluding carboxylic acids is 1. The molecule has 4 aromatic carbocycles. The Labute approximate surface area is 240 Å². The van der Waals surface area contributed by atoms with Crippen LogP contribution in [0.2, 0.25) is 0 Å². The van der Waals surface area contributed by atoms with Crippen LogP contribution in [0.25, 0.3) is 0 Å². The lowest BCUT2D eigenvalue weighted by Crippen LogP contribution is -2.61. The predicted molar refractivity (Wildman–Crippen MR) is 154 cm³/mol. The number of rotatable bonds is 12. The SMILES string of the molecule is O=C1OC2(CC2OCc2ccccc2)[C@@H](OCc2ccccc2)[C@H](OCc2ccccc2)[C@H]1OCc1ccccc1. The van der Waals surface area contributed by atoms with Gasteiger partial charge < -0.3 is 23.7 Å². The molecule has 0 N–H and O–H groups in total. The molecule has 210 valence electrons. The molecule has 1 aliphatic heterocycles. The normalized spacial score (nSPS) is 25.1. The highest BCUT2D eigenvalue weighted by molar-refractivity contribution is 5.78. The van der Waals surface area contributed by atoms with E-state index in [4.69, 9.17) is 23.7 Å². The van der Waals surface area contributed by atoms with Gasteiger partial charge >= 0.3 is 5.97 Å². The van der Waals surface area contributed by atoms with Crippen molar-refractivity contribution in [1.82, 2.24) is 0 Å². The first kappa shape index (κ1) is 27.4. The maximum atomic E-state index is 13.6. The molecule has 1 aliphatic carbocycles. The highest BCUT2D eigenvalue weighted by atomic mass is 16.7. The molecule has 2 fully saturated rings. The lowest BCUT2D eigenvalue weighted by atomic mass is 9.96. The predicted octanol–water partition coefficient (Wildman–Crippen LogP) is 6.03. The van der Waals surface area contributed by atoms with Crippen LogP contribution >= 0.6 is 0 Å². The smallest absolute Gasteiger partial charge is 0.338 e. The molecule has 2 unspecified atom stereocenters. The van der Waals surface area contributed by atoms with E-state index in [0.29, 0.717) is 26.2 Å². The van der Waals surface area contributed by atoms with Gasteiger partial charge in [-0.3, -0.25) is 0 Å². The molecule has 0 bridgehead atoms. The van der Waals surface area contributed by atoms with Crippen molar-refractivity contribution in [2.24, 2.45) is 0 Å². The van der Waals surface area contributed by atoms with Crippen LogP contribution in [0.4, 0.5) is 0 Å². The van der Waals surface area contributed by atoms with Gasteiger partial charge in [-0.2, -0.15) is 0 Å². The van der Waals surface area contributed by atoms with Gasteiger partial charge in [-0.05, 0) is 22.3 Å². The van der Waals surface area contributed by atoms with Crippen LogP contribution in [0, 0.1) is 0 Å². The summed E-state index contributed by atoms with van der Waals surface area (Å²) in [6.45, 7) is 1.31. The Hall–Kier alpha value is -3.81. The quantitative estimate of drug-likeness (QED) is 0.201. The van der Waals surface area contributed by atoms with Gasteiger partial charge in [0.1, 0.15) is 18.3 Å². The molecule has 1 saturated heterocycles. The minimum atomic E-state index is -0.958. The van der Waals surface area contributed by atoms with Crippen LogP contribution in [0.5, 0.6) is 0 Å². The molecule has 6 nitrogen and oxygen atoms in total. The molecule has 1 saturated carbocycles. The van der Waals surface area contributed by atoms with Crippen LogP contribution in [-0.4, -0.2) is 36.0 Å². The largest absolute Gasteiger partial charge is 0.451 e. The maximum absolute atomic E-state index is 13.6. The van der Waals surface area contributed by atoms with E-state index in [1.807, 2.05) is 121 Å². The van der Waals surface area contributed by atoms with Crippen LogP contribution in [0.15, 0.2) is 121 Å². The Bertz CT molecular complexity index is 1380. The van der Waals surface area contributed by atoms with Crippen molar-refractivity contribution in [2.75, 3.05) is 0 Å². The molecule has 0 aromatic heterocycles. The first-order valence-corrected chi connectivity index (χ1v) is 14.1. The number of benzene rings is 4. The van der Waals surface area contributed by atoms with Gasteiger partial charge in [0.25, 0.3) is 0 Å². The Balaban J connectivity index is 1.26. The topological polar surface area (TPSA) is 63.2 Å². The van der Waals surface area contributed by atoms with Gasteiger partial charge in [0, 0.05) is 6.42 Å². The lowest BCUT2D eigenvalue weighted by molar-refractivity contribution is -0.245. The second-order valence-electron chi connectivity index (χ2n) is 10.6. The first-order valence-electron chi connectivity index (χ1n) is 14.1. The summed E-state index contributed by atoms with van der Waals surface area (Å²) in [5.41, 5.74) is 3.08. The molecule has 5 atom stereocenters. The van der Waals surface area contributed by atoms with Gasteiger partial charge in [-0.1, -0.05) is 121 Å². The zero-order valence-electron chi connectivity index (χ0n) is 22.8. The molecular formula is C35H34O6. The molecule has 2 aliphatic rings. The maximum Gasteiger partial charge on any atom is 0.338 e. The van der Waals surface area contributed by atoms with E-state index < -0.39 is 29.9 Å². The molecule has 1 heterocycles. The molecular weight excluding hydrogens is 516 g/mol. The fourth-order valence-corrected chi connectivity index (χ4v) is 5.34. The monoisotopic (exact) mass is 550 g/mol. The zero-order chi connectivity index (χ0) is 27.9. The van der Waals surface area contributed by atoms with Crippen molar-refractivity contribution in [3.8, 4) is 0 Å². The summed E-state index contributed by atoms with van der Waals surface area (Å²) < 4.78 is 31.8. The highest BCUT2D eigenvalue weighted by Gasteiger charge is 2.71. The van der Waals surface area contributed by atoms with E-state index in [-0.39, 0.29) is 12.7 Å². The van der Waals surface area contributed by atoms with Crippen molar-refractivity contribution < 1.29 is 28.5 Å². The van der Waals surface area contributed by atoms with E-state index in [2.05, 4.69) is 0 Å². The summed E-state index contributed by atoms with van der Waals surface area (Å²) >= 11 is 0. The average Bonchev–Trinajstić information content (AvgIpc) is 3.72. The fraction of sp³-hybridized carbons (Fsp3) is 0.286. The number of carbonyl (C=O) groups is 1. The van der Waals surface area contributed by atoms with Crippen LogP contribution in [-0.2, 0) is 54.9 Å². The van der Waals surface area contributed by atoms with Crippen LogP contribution in [0.3, 0.4) is 0 Å². The van der Waals surface area contributed by atoms with Crippen molar-refractivity contribution in [3.05, 3.63) is 144 Å². The van der Waals surface area contributed by atoms with E-state index in [9.17, 15) is 4.79 Å². The van der Waals surface area contributed by atoms with Crippen molar-refractivity contribution in [1.29, 1.82) is 0 Å². The standard InChI is InChI=1S/C35H34O6/c36-34-32(39-24-28-17-9-3-10-18-28)31(38-23-27-15-7-2-8-16-27)33(40-25-29-19-11-4-12-20-29)35(41-34)21-30(35)37-22-26-13-5-1-6-14-26/h1-20,30-33H,21-25H2/t30?,31-,32-,33+,35?/m1/s1. The fourth-order valence-electron chi connectivity index (χ4n) is 5.34. The van der Waals surface area contributed by atoms with Crippen molar-refractivity contribution in [2.45, 2.75) is 62.9 Å². The minimum Gasteiger partial charge on any atom is -0.451 e. The number of hydrogen-bond donors (Lipinski definition) is 0. The van der Waals surface area contributed by atoms with Gasteiger partial charge in [0.15, 0.2) is 11.7 Å². The Kier molecular flexibility index (Phi) is 8.54. The lowest BCUT2D eigenvalue weighted by Gasteiger charge is -2.42. The molecule has 4 aromatic rings. The minimum absolute atomic E-state index is 0.248. The first-order chi connectivity index (χ1) is 20.2. The van der Waals surface area contributed by atoms with Gasteiger partial charge in [0.05, 0.1) is 26.4 Å². The zero-order valence-corrected chi connectivity index (χ0v) is 22.8. The van der Waals surface area contributed by atoms with Gasteiger partial charge in [-0.15, -0.1) is 0 Å². The van der Waals surface area contributed by atoms with E-state index >= 15 is 0 Å². The average molecular weight is 551 g/mol. The van der Waals surface area contributed by atoms with Crippen molar-refractivity contribution in [3.63, 3.8) is 0 Å².